The smallest absolute Gasteiger partial charge is 0.332 e. The summed E-state index contributed by atoms with van der Waals surface area (Å²) in [5.41, 5.74) is 1.45. The molecule has 1 heterocycles. The lowest BCUT2D eigenvalue weighted by Gasteiger charge is -2.39. The summed E-state index contributed by atoms with van der Waals surface area (Å²) in [6.07, 6.45) is 6.56. The molecule has 1 aliphatic heterocycles. The number of rotatable bonds is 4. The lowest BCUT2D eigenvalue weighted by molar-refractivity contribution is -0.152. The summed E-state index contributed by atoms with van der Waals surface area (Å²) >= 11 is 0. The fraction of sp³-hybridized carbons (Fsp3) is 0.280. The minimum absolute atomic E-state index is 0.119. The molecule has 2 aromatic carbocycles. The maximum Gasteiger partial charge on any atom is 0.332 e. The second kappa shape index (κ2) is 8.91. The lowest BCUT2D eigenvalue weighted by Crippen LogP contribution is -2.56. The van der Waals surface area contributed by atoms with Crippen molar-refractivity contribution < 1.29 is 14.3 Å². The van der Waals surface area contributed by atoms with Gasteiger partial charge in [-0.3, -0.25) is 9.69 Å². The van der Waals surface area contributed by atoms with E-state index in [1.54, 1.807) is 23.2 Å². The van der Waals surface area contributed by atoms with Gasteiger partial charge in [-0.25, -0.2) is 4.79 Å². The van der Waals surface area contributed by atoms with Gasteiger partial charge < -0.3 is 4.74 Å². The molecule has 0 N–H and O–H groups in total. The van der Waals surface area contributed by atoms with Gasteiger partial charge in [0.25, 0.3) is 5.91 Å². The summed E-state index contributed by atoms with van der Waals surface area (Å²) in [6.45, 7) is 4.05. The number of methoxy groups -OCH3 is 1. The zero-order valence-electron chi connectivity index (χ0n) is 17.2. The molecule has 0 aliphatic carbocycles. The Hall–Kier alpha value is -3.14. The molecule has 1 aliphatic rings. The fourth-order valence-corrected chi connectivity index (χ4v) is 3.93. The van der Waals surface area contributed by atoms with Gasteiger partial charge in [0.05, 0.1) is 7.11 Å². The first kappa shape index (κ1) is 20.6. The van der Waals surface area contributed by atoms with Gasteiger partial charge in [0, 0.05) is 24.6 Å². The highest BCUT2D eigenvalue weighted by atomic mass is 16.5. The van der Waals surface area contributed by atoms with Crippen LogP contribution < -0.4 is 0 Å². The van der Waals surface area contributed by atoms with Crippen molar-refractivity contribution in [2.45, 2.75) is 32.2 Å². The van der Waals surface area contributed by atoms with Gasteiger partial charge >= 0.3 is 5.97 Å². The molecule has 4 nitrogen and oxygen atoms in total. The monoisotopic (exact) mass is 389 g/mol. The van der Waals surface area contributed by atoms with Crippen LogP contribution in [0, 0.1) is 5.92 Å². The Balaban J connectivity index is 2.17. The predicted octanol–water partition coefficient (Wildman–Crippen LogP) is 4.78. The zero-order valence-corrected chi connectivity index (χ0v) is 17.2. The van der Waals surface area contributed by atoms with Gasteiger partial charge in [-0.15, -0.1) is 0 Å². The molecule has 2 atom stereocenters. The topological polar surface area (TPSA) is 46.6 Å². The van der Waals surface area contributed by atoms with Crippen LogP contribution in [0.15, 0.2) is 84.6 Å². The maximum atomic E-state index is 13.5. The van der Waals surface area contributed by atoms with Gasteiger partial charge in [-0.1, -0.05) is 73.2 Å². The van der Waals surface area contributed by atoms with Crippen LogP contribution in [-0.2, 0) is 16.0 Å². The summed E-state index contributed by atoms with van der Waals surface area (Å²) in [5.74, 6) is -0.509. The number of allylic oxidation sites excluding steroid dienone is 2. The molecule has 2 unspecified atom stereocenters. The SMILES string of the molecule is C/C=C1\CC(Cc2ccccc2)(C(=O)OC)N(C(=O)c2ccccc2)C=CC1C. The van der Waals surface area contributed by atoms with Crippen molar-refractivity contribution in [3.63, 3.8) is 0 Å². The molecule has 0 aromatic heterocycles. The van der Waals surface area contributed by atoms with E-state index in [0.29, 0.717) is 18.4 Å². The first-order valence-electron chi connectivity index (χ1n) is 9.86. The summed E-state index contributed by atoms with van der Waals surface area (Å²) in [4.78, 5) is 28.4. The van der Waals surface area contributed by atoms with Crippen molar-refractivity contribution in [3.8, 4) is 0 Å². The second-order valence-corrected chi connectivity index (χ2v) is 7.40. The minimum Gasteiger partial charge on any atom is -0.467 e. The van der Waals surface area contributed by atoms with E-state index in [-0.39, 0.29) is 11.8 Å². The van der Waals surface area contributed by atoms with Crippen LogP contribution in [0.2, 0.25) is 0 Å². The lowest BCUT2D eigenvalue weighted by atomic mass is 9.80. The Bertz CT molecular complexity index is 918. The van der Waals surface area contributed by atoms with Crippen LogP contribution in [0.5, 0.6) is 0 Å². The second-order valence-electron chi connectivity index (χ2n) is 7.40. The van der Waals surface area contributed by atoms with Crippen molar-refractivity contribution in [2.75, 3.05) is 7.11 Å². The molecular formula is C25H27NO3. The Morgan fingerprint density at radius 1 is 1.10 bits per heavy atom. The van der Waals surface area contributed by atoms with E-state index < -0.39 is 11.5 Å². The highest BCUT2D eigenvalue weighted by Crippen LogP contribution is 2.37. The van der Waals surface area contributed by atoms with E-state index in [2.05, 4.69) is 6.92 Å². The quantitative estimate of drug-likeness (QED) is 0.558. The standard InChI is InChI=1S/C25H27NO3/c1-4-21-18-25(24(28)29-3,17-20-11-7-5-8-12-20)26(16-15-19(21)2)23(27)22-13-9-6-10-14-22/h4-16,19H,17-18H2,1-3H3/b21-4+. The third kappa shape index (κ3) is 4.16. The molecule has 0 fully saturated rings. The van der Waals surface area contributed by atoms with Gasteiger partial charge in [0.1, 0.15) is 0 Å². The van der Waals surface area contributed by atoms with Crippen molar-refractivity contribution in [3.05, 3.63) is 95.7 Å². The average Bonchev–Trinajstić information content (AvgIpc) is 2.91. The molecule has 3 rings (SSSR count). The number of benzene rings is 2. The van der Waals surface area contributed by atoms with E-state index in [1.165, 1.54) is 7.11 Å². The number of esters is 1. The van der Waals surface area contributed by atoms with E-state index >= 15 is 0 Å². The number of amides is 1. The molecule has 0 saturated carbocycles. The minimum atomic E-state index is -1.16. The number of hydrogen-bond acceptors (Lipinski definition) is 3. The Kier molecular flexibility index (Phi) is 6.32. The normalized spacial score (nSPS) is 22.9. The molecular weight excluding hydrogens is 362 g/mol. The van der Waals surface area contributed by atoms with E-state index in [0.717, 1.165) is 11.1 Å². The number of ether oxygens (including phenoxy) is 1. The number of carbonyl (C=O) groups is 2. The van der Waals surface area contributed by atoms with Crippen LogP contribution >= 0.6 is 0 Å². The van der Waals surface area contributed by atoms with Crippen molar-refractivity contribution in [1.29, 1.82) is 0 Å². The first-order chi connectivity index (χ1) is 14.0. The fourth-order valence-electron chi connectivity index (χ4n) is 3.93. The first-order valence-corrected chi connectivity index (χ1v) is 9.86. The van der Waals surface area contributed by atoms with Crippen LogP contribution in [0.25, 0.3) is 0 Å². The third-order valence-corrected chi connectivity index (χ3v) is 5.58. The van der Waals surface area contributed by atoms with Crippen LogP contribution in [-0.4, -0.2) is 29.4 Å². The molecule has 0 saturated heterocycles. The van der Waals surface area contributed by atoms with E-state index in [4.69, 9.17) is 4.74 Å². The maximum absolute atomic E-state index is 13.5. The highest BCUT2D eigenvalue weighted by Gasteiger charge is 2.49. The molecule has 0 radical (unpaired) electrons. The number of carbonyl (C=O) groups excluding carboxylic acids is 2. The van der Waals surface area contributed by atoms with E-state index in [1.807, 2.05) is 67.6 Å². The summed E-state index contributed by atoms with van der Waals surface area (Å²) in [6, 6.07) is 18.8. The van der Waals surface area contributed by atoms with Gasteiger partial charge in [0.2, 0.25) is 0 Å². The number of hydrogen-bond donors (Lipinski definition) is 0. The Morgan fingerprint density at radius 3 is 2.31 bits per heavy atom. The predicted molar refractivity (Wildman–Crippen MR) is 114 cm³/mol. The summed E-state index contributed by atoms with van der Waals surface area (Å²) < 4.78 is 5.27. The average molecular weight is 389 g/mol. The van der Waals surface area contributed by atoms with Gasteiger partial charge in [-0.2, -0.15) is 0 Å². The molecule has 0 spiro atoms. The van der Waals surface area contributed by atoms with Crippen LogP contribution in [0.4, 0.5) is 0 Å². The summed E-state index contributed by atoms with van der Waals surface area (Å²) in [7, 11) is 1.38. The zero-order chi connectivity index (χ0) is 20.9. The van der Waals surface area contributed by atoms with Crippen molar-refractivity contribution in [1.82, 2.24) is 4.90 Å². The molecule has 0 bridgehead atoms. The van der Waals surface area contributed by atoms with Crippen molar-refractivity contribution >= 4 is 11.9 Å². The highest BCUT2D eigenvalue weighted by molar-refractivity contribution is 5.99. The van der Waals surface area contributed by atoms with Crippen molar-refractivity contribution in [2.24, 2.45) is 5.92 Å². The Labute approximate surface area is 172 Å². The molecule has 1 amide bonds. The number of nitrogens with zero attached hydrogens (tertiary/aromatic N) is 1. The Morgan fingerprint density at radius 2 is 1.72 bits per heavy atom. The van der Waals surface area contributed by atoms with Gasteiger partial charge in [-0.05, 0) is 30.5 Å². The molecule has 2 aromatic rings. The van der Waals surface area contributed by atoms with E-state index in [9.17, 15) is 9.59 Å². The van der Waals surface area contributed by atoms with Crippen LogP contribution in [0.3, 0.4) is 0 Å². The van der Waals surface area contributed by atoms with Crippen LogP contribution in [0.1, 0.15) is 36.2 Å². The molecule has 4 heteroatoms. The largest absolute Gasteiger partial charge is 0.467 e. The summed E-state index contributed by atoms with van der Waals surface area (Å²) in [5, 5.41) is 0. The van der Waals surface area contributed by atoms with Gasteiger partial charge in [0.15, 0.2) is 5.54 Å². The third-order valence-electron chi connectivity index (χ3n) is 5.58. The molecule has 150 valence electrons. The molecule has 29 heavy (non-hydrogen) atoms.